The van der Waals surface area contributed by atoms with Crippen LogP contribution in [-0.4, -0.2) is 15.3 Å². The van der Waals surface area contributed by atoms with Gasteiger partial charge in [0.25, 0.3) is 0 Å². The van der Waals surface area contributed by atoms with E-state index in [0.29, 0.717) is 17.0 Å². The van der Waals surface area contributed by atoms with E-state index in [1.54, 1.807) is 12.1 Å². The van der Waals surface area contributed by atoms with Gasteiger partial charge in [-0.3, -0.25) is 0 Å². The van der Waals surface area contributed by atoms with Crippen LogP contribution in [0.4, 0.5) is 0 Å². The maximum atomic E-state index is 9.65. The van der Waals surface area contributed by atoms with E-state index >= 15 is 0 Å². The van der Waals surface area contributed by atoms with Crippen molar-refractivity contribution in [2.75, 3.05) is 0 Å². The molecule has 0 radical (unpaired) electrons. The van der Waals surface area contributed by atoms with Gasteiger partial charge in [-0.2, -0.15) is 0 Å². The monoisotopic (exact) mass is 210 g/mol. The van der Waals surface area contributed by atoms with Crippen molar-refractivity contribution in [3.05, 3.63) is 28.8 Å². The Balaban J connectivity index is 3.20. The van der Waals surface area contributed by atoms with Gasteiger partial charge in [-0.1, -0.05) is 13.8 Å². The van der Waals surface area contributed by atoms with E-state index in [4.69, 9.17) is 10.2 Å². The van der Waals surface area contributed by atoms with Crippen LogP contribution in [0.1, 0.15) is 42.9 Å². The second-order valence-electron chi connectivity index (χ2n) is 3.81. The van der Waals surface area contributed by atoms with E-state index < -0.39 is 0 Å². The van der Waals surface area contributed by atoms with Crippen LogP contribution in [0.3, 0.4) is 0 Å². The lowest BCUT2D eigenvalue weighted by Crippen LogP contribution is -1.98. The number of hydrogen-bond donors (Lipinski definition) is 3. The largest absolute Gasteiger partial charge is 0.507 e. The lowest BCUT2D eigenvalue weighted by molar-refractivity contribution is 0.263. The van der Waals surface area contributed by atoms with E-state index in [-0.39, 0.29) is 19.0 Å². The van der Waals surface area contributed by atoms with E-state index in [0.717, 1.165) is 12.0 Å². The van der Waals surface area contributed by atoms with E-state index in [1.165, 1.54) is 0 Å². The zero-order chi connectivity index (χ0) is 11.4. The lowest BCUT2D eigenvalue weighted by Gasteiger charge is -2.14. The molecule has 0 saturated heterocycles. The second kappa shape index (κ2) is 5.14. The highest BCUT2D eigenvalue weighted by Gasteiger charge is 2.11. The number of hydrogen-bond acceptors (Lipinski definition) is 3. The SMILES string of the molecule is CCC(C)c1cc(CO)c(O)c(CO)c1. The Kier molecular flexibility index (Phi) is 4.12. The summed E-state index contributed by atoms with van der Waals surface area (Å²) in [5.41, 5.74) is 2.01. The van der Waals surface area contributed by atoms with Crippen LogP contribution in [0.2, 0.25) is 0 Å². The molecule has 0 amide bonds. The van der Waals surface area contributed by atoms with Gasteiger partial charge in [0, 0.05) is 11.1 Å². The molecule has 15 heavy (non-hydrogen) atoms. The normalized spacial score (nSPS) is 12.8. The van der Waals surface area contributed by atoms with E-state index in [9.17, 15) is 5.11 Å². The van der Waals surface area contributed by atoms with Gasteiger partial charge in [-0.05, 0) is 30.0 Å². The molecular weight excluding hydrogens is 192 g/mol. The summed E-state index contributed by atoms with van der Waals surface area (Å²) in [6.45, 7) is 3.75. The van der Waals surface area contributed by atoms with Crippen LogP contribution in [0.15, 0.2) is 12.1 Å². The molecule has 3 nitrogen and oxygen atoms in total. The molecule has 84 valence electrons. The minimum absolute atomic E-state index is 0.00653. The first-order chi connectivity index (χ1) is 7.13. The van der Waals surface area contributed by atoms with Crippen LogP contribution >= 0.6 is 0 Å². The summed E-state index contributed by atoms with van der Waals surface area (Å²) < 4.78 is 0. The molecule has 0 aliphatic rings. The first-order valence-electron chi connectivity index (χ1n) is 5.20. The summed E-state index contributed by atoms with van der Waals surface area (Å²) in [5, 5.41) is 27.8. The zero-order valence-corrected chi connectivity index (χ0v) is 9.20. The molecule has 0 aliphatic carbocycles. The first kappa shape index (κ1) is 12.0. The molecule has 1 aromatic carbocycles. The molecule has 0 fully saturated rings. The smallest absolute Gasteiger partial charge is 0.126 e. The van der Waals surface area contributed by atoms with Crippen LogP contribution in [0.5, 0.6) is 5.75 Å². The topological polar surface area (TPSA) is 60.7 Å². The van der Waals surface area contributed by atoms with Crippen molar-refractivity contribution in [1.29, 1.82) is 0 Å². The summed E-state index contributed by atoms with van der Waals surface area (Å²) >= 11 is 0. The molecule has 1 rings (SSSR count). The van der Waals surface area contributed by atoms with Crippen LogP contribution in [0, 0.1) is 0 Å². The highest BCUT2D eigenvalue weighted by atomic mass is 16.3. The number of aliphatic hydroxyl groups is 2. The molecule has 0 aliphatic heterocycles. The van der Waals surface area contributed by atoms with Gasteiger partial charge >= 0.3 is 0 Å². The number of rotatable bonds is 4. The molecule has 0 spiro atoms. The average molecular weight is 210 g/mol. The van der Waals surface area contributed by atoms with Crippen molar-refractivity contribution < 1.29 is 15.3 Å². The Hall–Kier alpha value is -1.06. The Bertz CT molecular complexity index is 309. The molecule has 0 aromatic heterocycles. The van der Waals surface area contributed by atoms with Gasteiger partial charge in [-0.25, -0.2) is 0 Å². The minimum Gasteiger partial charge on any atom is -0.507 e. The third-order valence-electron chi connectivity index (χ3n) is 2.81. The molecular formula is C12H18O3. The standard InChI is InChI=1S/C12H18O3/c1-3-8(2)9-4-10(6-13)12(15)11(5-9)7-14/h4-5,8,13-15H,3,6-7H2,1-2H3. The van der Waals surface area contributed by atoms with Crippen molar-refractivity contribution in [3.63, 3.8) is 0 Å². The summed E-state index contributed by atoms with van der Waals surface area (Å²) in [4.78, 5) is 0. The Morgan fingerprint density at radius 3 is 1.93 bits per heavy atom. The fourth-order valence-electron chi connectivity index (χ4n) is 1.55. The van der Waals surface area contributed by atoms with Gasteiger partial charge in [0.15, 0.2) is 0 Å². The quantitative estimate of drug-likeness (QED) is 0.711. The Labute approximate surface area is 90.0 Å². The van der Waals surface area contributed by atoms with Gasteiger partial charge in [0.1, 0.15) is 5.75 Å². The maximum Gasteiger partial charge on any atom is 0.126 e. The van der Waals surface area contributed by atoms with Crippen molar-refractivity contribution in [2.24, 2.45) is 0 Å². The van der Waals surface area contributed by atoms with Gasteiger partial charge in [0.05, 0.1) is 13.2 Å². The highest BCUT2D eigenvalue weighted by Crippen LogP contribution is 2.29. The molecule has 1 unspecified atom stereocenters. The van der Waals surface area contributed by atoms with Crippen LogP contribution in [-0.2, 0) is 13.2 Å². The minimum atomic E-state index is -0.205. The van der Waals surface area contributed by atoms with E-state index in [1.807, 2.05) is 0 Å². The van der Waals surface area contributed by atoms with Crippen LogP contribution in [0.25, 0.3) is 0 Å². The fourth-order valence-corrected chi connectivity index (χ4v) is 1.55. The van der Waals surface area contributed by atoms with Gasteiger partial charge in [0.2, 0.25) is 0 Å². The molecule has 3 heteroatoms. The van der Waals surface area contributed by atoms with Gasteiger partial charge in [-0.15, -0.1) is 0 Å². The first-order valence-corrected chi connectivity index (χ1v) is 5.20. The fraction of sp³-hybridized carbons (Fsp3) is 0.500. The highest BCUT2D eigenvalue weighted by molar-refractivity contribution is 5.44. The Morgan fingerprint density at radius 1 is 1.13 bits per heavy atom. The zero-order valence-electron chi connectivity index (χ0n) is 9.20. The Morgan fingerprint density at radius 2 is 1.60 bits per heavy atom. The maximum absolute atomic E-state index is 9.65. The summed E-state index contributed by atoms with van der Waals surface area (Å²) in [6, 6.07) is 3.59. The average Bonchev–Trinajstić information content (AvgIpc) is 2.28. The lowest BCUT2D eigenvalue weighted by atomic mass is 9.94. The molecule has 0 heterocycles. The number of aromatic hydroxyl groups is 1. The summed E-state index contributed by atoms with van der Waals surface area (Å²) in [7, 11) is 0. The summed E-state index contributed by atoms with van der Waals surface area (Å²) in [6.07, 6.45) is 0.987. The van der Waals surface area contributed by atoms with Crippen molar-refractivity contribution >= 4 is 0 Å². The summed E-state index contributed by atoms with van der Waals surface area (Å²) in [5.74, 6) is 0.369. The number of benzene rings is 1. The predicted octanol–water partition coefficient (Wildman–Crippen LogP) is 1.89. The molecule has 3 N–H and O–H groups in total. The number of aliphatic hydroxyl groups excluding tert-OH is 2. The predicted molar refractivity (Wildman–Crippen MR) is 58.7 cm³/mol. The second-order valence-corrected chi connectivity index (χ2v) is 3.81. The molecule has 0 bridgehead atoms. The third-order valence-corrected chi connectivity index (χ3v) is 2.81. The van der Waals surface area contributed by atoms with Crippen molar-refractivity contribution in [1.82, 2.24) is 0 Å². The molecule has 0 saturated carbocycles. The van der Waals surface area contributed by atoms with Crippen LogP contribution < -0.4 is 0 Å². The van der Waals surface area contributed by atoms with Crippen molar-refractivity contribution in [2.45, 2.75) is 39.4 Å². The molecule has 1 aromatic rings. The third kappa shape index (κ3) is 2.49. The number of phenols is 1. The molecule has 1 atom stereocenters. The van der Waals surface area contributed by atoms with Crippen molar-refractivity contribution in [3.8, 4) is 5.75 Å². The van der Waals surface area contributed by atoms with E-state index in [2.05, 4.69) is 13.8 Å². The van der Waals surface area contributed by atoms with Gasteiger partial charge < -0.3 is 15.3 Å².